The van der Waals surface area contributed by atoms with Crippen molar-refractivity contribution < 1.29 is 13.5 Å². The minimum atomic E-state index is -3.03. The predicted octanol–water partition coefficient (Wildman–Crippen LogP) is 0.0224. The average Bonchev–Trinajstić information content (AvgIpc) is 1.84. The van der Waals surface area contributed by atoms with Crippen LogP contribution < -0.4 is 0 Å². The van der Waals surface area contributed by atoms with E-state index in [4.69, 9.17) is 16.7 Å². The van der Waals surface area contributed by atoms with E-state index >= 15 is 0 Å². The van der Waals surface area contributed by atoms with Gasteiger partial charge in [-0.05, 0) is 6.42 Å². The Labute approximate surface area is 65.9 Å². The first-order chi connectivity index (χ1) is 4.62. The van der Waals surface area contributed by atoms with E-state index in [1.165, 1.54) is 0 Å². The van der Waals surface area contributed by atoms with Crippen molar-refractivity contribution in [3.8, 4) is 0 Å². The van der Waals surface area contributed by atoms with Gasteiger partial charge in [0.1, 0.15) is 0 Å². The van der Waals surface area contributed by atoms with Gasteiger partial charge in [0.05, 0.1) is 18.1 Å². The Morgan fingerprint density at radius 2 is 1.90 bits per heavy atom. The third kappa shape index (κ3) is 5.02. The van der Waals surface area contributed by atoms with E-state index in [2.05, 4.69) is 0 Å². The fourth-order valence-corrected chi connectivity index (χ4v) is 1.87. The molecule has 0 aromatic heterocycles. The van der Waals surface area contributed by atoms with E-state index in [0.717, 1.165) is 0 Å². The molecule has 0 aliphatic carbocycles. The van der Waals surface area contributed by atoms with Gasteiger partial charge in [-0.2, -0.15) is 0 Å². The van der Waals surface area contributed by atoms with Crippen LogP contribution in [0.4, 0.5) is 0 Å². The molecule has 1 N–H and O–H groups in total. The Hall–Kier alpha value is 0.200. The second kappa shape index (κ2) is 4.93. The SMILES string of the molecule is O=S(=O)(CCO)CCCCl. The summed E-state index contributed by atoms with van der Waals surface area (Å²) in [6.45, 7) is -0.301. The van der Waals surface area contributed by atoms with Crippen molar-refractivity contribution in [3.05, 3.63) is 0 Å². The quantitative estimate of drug-likeness (QED) is 0.616. The summed E-state index contributed by atoms with van der Waals surface area (Å²) in [5.41, 5.74) is 0. The van der Waals surface area contributed by atoms with Crippen molar-refractivity contribution in [3.63, 3.8) is 0 Å². The van der Waals surface area contributed by atoms with Gasteiger partial charge < -0.3 is 5.11 Å². The van der Waals surface area contributed by atoms with Crippen LogP contribution in [-0.2, 0) is 9.84 Å². The van der Waals surface area contributed by atoms with Gasteiger partial charge in [-0.15, -0.1) is 11.6 Å². The first-order valence-corrected chi connectivity index (χ1v) is 5.35. The highest BCUT2D eigenvalue weighted by Gasteiger charge is 2.07. The largest absolute Gasteiger partial charge is 0.395 e. The van der Waals surface area contributed by atoms with Gasteiger partial charge in [0.15, 0.2) is 9.84 Å². The molecule has 0 aromatic carbocycles. The first-order valence-electron chi connectivity index (χ1n) is 2.99. The van der Waals surface area contributed by atoms with Crippen LogP contribution in [0, 0.1) is 0 Å². The lowest BCUT2D eigenvalue weighted by Crippen LogP contribution is -2.13. The number of hydrogen-bond acceptors (Lipinski definition) is 3. The molecule has 0 spiro atoms. The molecule has 0 amide bonds. The van der Waals surface area contributed by atoms with E-state index in [9.17, 15) is 8.42 Å². The Bertz CT molecular complexity index is 164. The molecule has 0 atom stereocenters. The van der Waals surface area contributed by atoms with Crippen LogP contribution in [0.2, 0.25) is 0 Å². The molecule has 0 radical (unpaired) electrons. The Morgan fingerprint density at radius 1 is 1.30 bits per heavy atom. The van der Waals surface area contributed by atoms with E-state index in [0.29, 0.717) is 12.3 Å². The molecule has 0 aromatic rings. The minimum Gasteiger partial charge on any atom is -0.395 e. The van der Waals surface area contributed by atoms with E-state index in [1.807, 2.05) is 0 Å². The van der Waals surface area contributed by atoms with Crippen LogP contribution in [-0.4, -0.2) is 37.5 Å². The van der Waals surface area contributed by atoms with Crippen LogP contribution >= 0.6 is 11.6 Å². The van der Waals surface area contributed by atoms with Crippen LogP contribution in [0.3, 0.4) is 0 Å². The highest BCUT2D eigenvalue weighted by Crippen LogP contribution is 1.94. The molecule has 0 aliphatic rings. The van der Waals surface area contributed by atoms with Gasteiger partial charge in [0, 0.05) is 5.88 Å². The summed E-state index contributed by atoms with van der Waals surface area (Å²) in [4.78, 5) is 0. The molecule has 0 saturated carbocycles. The summed E-state index contributed by atoms with van der Waals surface area (Å²) in [5, 5.41) is 8.29. The number of sulfone groups is 1. The Morgan fingerprint density at radius 3 is 2.30 bits per heavy atom. The minimum absolute atomic E-state index is 0.0804. The summed E-state index contributed by atoms with van der Waals surface area (Å²) in [7, 11) is -3.03. The van der Waals surface area contributed by atoms with Crippen LogP contribution in [0.1, 0.15) is 6.42 Å². The third-order valence-electron chi connectivity index (χ3n) is 0.991. The fourth-order valence-electron chi connectivity index (χ4n) is 0.516. The second-order valence-electron chi connectivity index (χ2n) is 1.92. The van der Waals surface area contributed by atoms with Crippen LogP contribution in [0.5, 0.6) is 0 Å². The predicted molar refractivity (Wildman–Crippen MR) is 41.1 cm³/mol. The number of hydrogen-bond donors (Lipinski definition) is 1. The Balaban J connectivity index is 3.65. The summed E-state index contributed by atoms with van der Waals surface area (Å²) in [6, 6.07) is 0. The molecular weight excluding hydrogens is 176 g/mol. The average molecular weight is 187 g/mol. The van der Waals surface area contributed by atoms with Gasteiger partial charge in [0.2, 0.25) is 0 Å². The zero-order chi connectivity index (χ0) is 8.04. The number of rotatable bonds is 5. The van der Waals surface area contributed by atoms with Crippen LogP contribution in [0.15, 0.2) is 0 Å². The molecule has 3 nitrogen and oxygen atoms in total. The summed E-state index contributed by atoms with van der Waals surface area (Å²) in [5.74, 6) is 0.283. The maximum atomic E-state index is 10.8. The molecular formula is C5H11ClO3S. The molecule has 5 heteroatoms. The monoisotopic (exact) mass is 186 g/mol. The molecule has 0 fully saturated rings. The highest BCUT2D eigenvalue weighted by atomic mass is 35.5. The zero-order valence-corrected chi connectivity index (χ0v) is 7.16. The Kier molecular flexibility index (Phi) is 5.03. The number of alkyl halides is 1. The smallest absolute Gasteiger partial charge is 0.152 e. The van der Waals surface area contributed by atoms with Gasteiger partial charge in [-0.1, -0.05) is 0 Å². The standard InChI is InChI=1S/C5H11ClO3S/c6-2-1-4-10(8,9)5-3-7/h7H,1-5H2. The topological polar surface area (TPSA) is 54.4 Å². The van der Waals surface area contributed by atoms with E-state index in [-0.39, 0.29) is 18.1 Å². The molecule has 62 valence electrons. The summed E-state index contributed by atoms with van der Waals surface area (Å²) < 4.78 is 21.5. The molecule has 0 unspecified atom stereocenters. The maximum Gasteiger partial charge on any atom is 0.152 e. The lowest BCUT2D eigenvalue weighted by Gasteiger charge is -1.98. The van der Waals surface area contributed by atoms with Crippen molar-refractivity contribution in [2.24, 2.45) is 0 Å². The first kappa shape index (κ1) is 10.2. The lowest BCUT2D eigenvalue weighted by atomic mass is 10.6. The molecule has 10 heavy (non-hydrogen) atoms. The summed E-state index contributed by atoms with van der Waals surface area (Å²) >= 11 is 5.28. The fraction of sp³-hybridized carbons (Fsp3) is 1.00. The number of aliphatic hydroxyl groups is 1. The van der Waals surface area contributed by atoms with Gasteiger partial charge in [-0.25, -0.2) is 8.42 Å². The van der Waals surface area contributed by atoms with E-state index < -0.39 is 9.84 Å². The van der Waals surface area contributed by atoms with Gasteiger partial charge in [0.25, 0.3) is 0 Å². The van der Waals surface area contributed by atoms with Crippen molar-refractivity contribution in [1.82, 2.24) is 0 Å². The molecule has 0 saturated heterocycles. The van der Waals surface area contributed by atoms with Gasteiger partial charge in [-0.3, -0.25) is 0 Å². The maximum absolute atomic E-state index is 10.8. The molecule has 0 aliphatic heterocycles. The molecule has 0 heterocycles. The normalized spacial score (nSPS) is 11.8. The summed E-state index contributed by atoms with van der Waals surface area (Å²) in [6.07, 6.45) is 0.462. The number of halogens is 1. The number of aliphatic hydroxyl groups excluding tert-OH is 1. The molecule has 0 bridgehead atoms. The van der Waals surface area contributed by atoms with Crippen molar-refractivity contribution in [1.29, 1.82) is 0 Å². The third-order valence-corrected chi connectivity index (χ3v) is 2.97. The van der Waals surface area contributed by atoms with Crippen molar-refractivity contribution in [2.45, 2.75) is 6.42 Å². The van der Waals surface area contributed by atoms with Crippen molar-refractivity contribution in [2.75, 3.05) is 24.0 Å². The highest BCUT2D eigenvalue weighted by molar-refractivity contribution is 7.91. The van der Waals surface area contributed by atoms with E-state index in [1.54, 1.807) is 0 Å². The lowest BCUT2D eigenvalue weighted by molar-refractivity contribution is 0.319. The molecule has 0 rings (SSSR count). The van der Waals surface area contributed by atoms with Crippen molar-refractivity contribution >= 4 is 21.4 Å². The van der Waals surface area contributed by atoms with Crippen LogP contribution in [0.25, 0.3) is 0 Å². The zero-order valence-electron chi connectivity index (χ0n) is 5.59. The second-order valence-corrected chi connectivity index (χ2v) is 4.60. The van der Waals surface area contributed by atoms with Gasteiger partial charge >= 0.3 is 0 Å².